The summed E-state index contributed by atoms with van der Waals surface area (Å²) < 4.78 is 2.29. The molecule has 1 saturated carbocycles. The van der Waals surface area contributed by atoms with Gasteiger partial charge < -0.3 is 9.47 Å². The number of benzene rings is 1. The minimum atomic E-state index is 0.915. The van der Waals surface area contributed by atoms with Gasteiger partial charge in [-0.1, -0.05) is 43.2 Å². The Morgan fingerprint density at radius 2 is 1.60 bits per heavy atom. The number of nitrogens with zero attached hydrogens (tertiary/aromatic N) is 4. The predicted octanol–water partition coefficient (Wildman–Crippen LogP) is 3.24. The molecule has 2 fully saturated rings. The summed E-state index contributed by atoms with van der Waals surface area (Å²) in [6, 6.07) is 10.7. The lowest BCUT2D eigenvalue weighted by Gasteiger charge is -2.35. The van der Waals surface area contributed by atoms with Crippen LogP contribution in [0.2, 0.25) is 0 Å². The average molecular weight is 338 g/mol. The quantitative estimate of drug-likeness (QED) is 0.808. The molecule has 1 aromatic heterocycles. The van der Waals surface area contributed by atoms with E-state index in [4.69, 9.17) is 0 Å². The third kappa shape index (κ3) is 4.50. The fourth-order valence-corrected chi connectivity index (χ4v) is 4.30. The Kier molecular flexibility index (Phi) is 5.48. The first kappa shape index (κ1) is 16.8. The summed E-state index contributed by atoms with van der Waals surface area (Å²) >= 11 is 0. The van der Waals surface area contributed by atoms with Crippen LogP contribution in [0.5, 0.6) is 0 Å². The molecule has 0 amide bonds. The molecule has 2 heterocycles. The van der Waals surface area contributed by atoms with Gasteiger partial charge in [-0.2, -0.15) is 0 Å². The third-order valence-electron chi connectivity index (χ3n) is 5.82. The Labute approximate surface area is 151 Å². The van der Waals surface area contributed by atoms with Crippen molar-refractivity contribution in [3.05, 3.63) is 54.1 Å². The van der Waals surface area contributed by atoms with Crippen molar-refractivity contribution < 1.29 is 0 Å². The Morgan fingerprint density at radius 1 is 0.880 bits per heavy atom. The molecule has 4 heteroatoms. The first-order valence-electron chi connectivity index (χ1n) is 9.85. The SMILES string of the molecule is c1ccc(Cn2ccnc2CN2CCN(CC3CCCC3)CC2)cc1. The van der Waals surface area contributed by atoms with Gasteiger partial charge in [0.1, 0.15) is 5.82 Å². The average Bonchev–Trinajstić information content (AvgIpc) is 3.30. The van der Waals surface area contributed by atoms with E-state index in [1.54, 1.807) is 0 Å². The molecule has 0 N–H and O–H groups in total. The molecule has 2 aromatic rings. The zero-order chi connectivity index (χ0) is 16.9. The lowest BCUT2D eigenvalue weighted by atomic mass is 10.1. The van der Waals surface area contributed by atoms with Crippen LogP contribution in [-0.4, -0.2) is 52.1 Å². The molecular formula is C21H30N4. The van der Waals surface area contributed by atoms with Gasteiger partial charge in [0.2, 0.25) is 0 Å². The first-order valence-corrected chi connectivity index (χ1v) is 9.85. The van der Waals surface area contributed by atoms with Gasteiger partial charge in [0.05, 0.1) is 6.54 Å². The van der Waals surface area contributed by atoms with Crippen molar-refractivity contribution >= 4 is 0 Å². The van der Waals surface area contributed by atoms with Gasteiger partial charge in [0.15, 0.2) is 0 Å². The Bertz CT molecular complexity index is 637. The lowest BCUT2D eigenvalue weighted by molar-refractivity contribution is 0.111. The molecule has 4 rings (SSSR count). The summed E-state index contributed by atoms with van der Waals surface area (Å²) in [7, 11) is 0. The van der Waals surface area contributed by atoms with Gasteiger partial charge in [-0.05, 0) is 24.3 Å². The number of aromatic nitrogens is 2. The van der Waals surface area contributed by atoms with Crippen molar-refractivity contribution in [2.45, 2.75) is 38.8 Å². The van der Waals surface area contributed by atoms with E-state index in [-0.39, 0.29) is 0 Å². The van der Waals surface area contributed by atoms with Crippen LogP contribution in [0.15, 0.2) is 42.7 Å². The maximum Gasteiger partial charge on any atom is 0.123 e. The number of piperazine rings is 1. The fraction of sp³-hybridized carbons (Fsp3) is 0.571. The number of hydrogen-bond donors (Lipinski definition) is 0. The maximum absolute atomic E-state index is 4.62. The summed E-state index contributed by atoms with van der Waals surface area (Å²) in [6.07, 6.45) is 9.87. The van der Waals surface area contributed by atoms with Crippen LogP contribution < -0.4 is 0 Å². The first-order chi connectivity index (χ1) is 12.4. The van der Waals surface area contributed by atoms with E-state index >= 15 is 0 Å². The summed E-state index contributed by atoms with van der Waals surface area (Å²) in [4.78, 5) is 9.86. The van der Waals surface area contributed by atoms with E-state index < -0.39 is 0 Å². The van der Waals surface area contributed by atoms with E-state index in [2.05, 4.69) is 55.9 Å². The normalized spacial score (nSPS) is 20.3. The van der Waals surface area contributed by atoms with Crippen molar-refractivity contribution in [2.75, 3.05) is 32.7 Å². The van der Waals surface area contributed by atoms with E-state index in [1.807, 2.05) is 6.20 Å². The molecule has 0 radical (unpaired) electrons. The molecule has 0 atom stereocenters. The smallest absolute Gasteiger partial charge is 0.123 e. The molecule has 0 unspecified atom stereocenters. The van der Waals surface area contributed by atoms with Crippen LogP contribution in [0.4, 0.5) is 0 Å². The highest BCUT2D eigenvalue weighted by Gasteiger charge is 2.22. The van der Waals surface area contributed by atoms with Crippen molar-refractivity contribution in [3.63, 3.8) is 0 Å². The molecule has 25 heavy (non-hydrogen) atoms. The van der Waals surface area contributed by atoms with Crippen molar-refractivity contribution in [1.82, 2.24) is 19.4 Å². The fourth-order valence-electron chi connectivity index (χ4n) is 4.30. The molecule has 0 spiro atoms. The summed E-state index contributed by atoms with van der Waals surface area (Å²) in [5, 5.41) is 0. The minimum Gasteiger partial charge on any atom is -0.329 e. The summed E-state index contributed by atoms with van der Waals surface area (Å²) in [5.74, 6) is 2.16. The highest BCUT2D eigenvalue weighted by molar-refractivity contribution is 5.15. The van der Waals surface area contributed by atoms with Crippen LogP contribution in [-0.2, 0) is 13.1 Å². The minimum absolute atomic E-state index is 0.915. The van der Waals surface area contributed by atoms with Crippen LogP contribution in [0.25, 0.3) is 0 Å². The third-order valence-corrected chi connectivity index (χ3v) is 5.82. The topological polar surface area (TPSA) is 24.3 Å². The highest BCUT2D eigenvalue weighted by atomic mass is 15.3. The predicted molar refractivity (Wildman–Crippen MR) is 101 cm³/mol. The zero-order valence-corrected chi connectivity index (χ0v) is 15.2. The van der Waals surface area contributed by atoms with Crippen LogP contribution in [0.3, 0.4) is 0 Å². The summed E-state index contributed by atoms with van der Waals surface area (Å²) in [5.41, 5.74) is 1.34. The number of hydrogen-bond acceptors (Lipinski definition) is 3. The van der Waals surface area contributed by atoms with E-state index in [0.717, 1.165) is 19.0 Å². The van der Waals surface area contributed by atoms with Crippen LogP contribution in [0, 0.1) is 5.92 Å². The van der Waals surface area contributed by atoms with Gasteiger partial charge >= 0.3 is 0 Å². The molecular weight excluding hydrogens is 308 g/mol. The highest BCUT2D eigenvalue weighted by Crippen LogP contribution is 2.25. The van der Waals surface area contributed by atoms with Crippen molar-refractivity contribution in [2.24, 2.45) is 5.92 Å². The molecule has 134 valence electrons. The van der Waals surface area contributed by atoms with Crippen LogP contribution in [0.1, 0.15) is 37.1 Å². The van der Waals surface area contributed by atoms with Gasteiger partial charge in [-0.3, -0.25) is 4.90 Å². The maximum atomic E-state index is 4.62. The number of imidazole rings is 1. The molecule has 1 saturated heterocycles. The van der Waals surface area contributed by atoms with Crippen molar-refractivity contribution in [3.8, 4) is 0 Å². The Morgan fingerprint density at radius 3 is 2.36 bits per heavy atom. The van der Waals surface area contributed by atoms with Gasteiger partial charge in [0, 0.05) is 51.7 Å². The monoisotopic (exact) mass is 338 g/mol. The standard InChI is InChI=1S/C21H30N4/c1-2-6-20(7-3-1)17-25-11-10-22-21(25)18-24-14-12-23(13-15-24)16-19-8-4-5-9-19/h1-3,6-7,10-11,19H,4-5,8-9,12-18H2. The lowest BCUT2D eigenvalue weighted by Crippen LogP contribution is -2.47. The van der Waals surface area contributed by atoms with E-state index in [9.17, 15) is 0 Å². The molecule has 0 bridgehead atoms. The Hall–Kier alpha value is -1.65. The van der Waals surface area contributed by atoms with Crippen LogP contribution >= 0.6 is 0 Å². The van der Waals surface area contributed by atoms with Gasteiger partial charge in [-0.25, -0.2) is 4.98 Å². The molecule has 4 nitrogen and oxygen atoms in total. The Balaban J connectivity index is 1.28. The van der Waals surface area contributed by atoms with Gasteiger partial charge in [-0.15, -0.1) is 0 Å². The largest absolute Gasteiger partial charge is 0.329 e. The van der Waals surface area contributed by atoms with E-state index in [1.165, 1.54) is 69.8 Å². The molecule has 1 aliphatic heterocycles. The van der Waals surface area contributed by atoms with Gasteiger partial charge in [0.25, 0.3) is 0 Å². The zero-order valence-electron chi connectivity index (χ0n) is 15.2. The molecule has 1 aromatic carbocycles. The number of rotatable bonds is 6. The second-order valence-corrected chi connectivity index (χ2v) is 7.68. The second-order valence-electron chi connectivity index (χ2n) is 7.68. The van der Waals surface area contributed by atoms with Crippen molar-refractivity contribution in [1.29, 1.82) is 0 Å². The molecule has 1 aliphatic carbocycles. The second kappa shape index (κ2) is 8.15. The molecule has 2 aliphatic rings. The summed E-state index contributed by atoms with van der Waals surface area (Å²) in [6.45, 7) is 7.99. The van der Waals surface area contributed by atoms with E-state index in [0.29, 0.717) is 0 Å².